The maximum absolute atomic E-state index is 12.9. The fourth-order valence-electron chi connectivity index (χ4n) is 3.82. The number of aryl methyl sites for hydroxylation is 2. The predicted octanol–water partition coefficient (Wildman–Crippen LogP) is 4.60. The van der Waals surface area contributed by atoms with Gasteiger partial charge >= 0.3 is 0 Å². The average molecular weight is 421 g/mol. The van der Waals surface area contributed by atoms with Gasteiger partial charge in [-0.1, -0.05) is 48.5 Å². The van der Waals surface area contributed by atoms with Crippen LogP contribution in [0.4, 0.5) is 5.69 Å². The Morgan fingerprint density at radius 2 is 1.70 bits per heavy atom. The Bertz CT molecular complexity index is 1170. The van der Waals surface area contributed by atoms with E-state index in [1.807, 2.05) is 19.1 Å². The van der Waals surface area contributed by atoms with Crippen molar-refractivity contribution in [2.45, 2.75) is 37.1 Å². The highest BCUT2D eigenvalue weighted by Crippen LogP contribution is 2.30. The van der Waals surface area contributed by atoms with Gasteiger partial charge in [-0.3, -0.25) is 9.52 Å². The van der Waals surface area contributed by atoms with Crippen molar-refractivity contribution >= 4 is 21.6 Å². The summed E-state index contributed by atoms with van der Waals surface area (Å²) < 4.78 is 28.0. The van der Waals surface area contributed by atoms with Gasteiger partial charge in [0.25, 0.3) is 15.9 Å². The third kappa shape index (κ3) is 4.24. The highest BCUT2D eigenvalue weighted by Gasteiger charge is 2.22. The molecule has 0 saturated carbocycles. The quantitative estimate of drug-likeness (QED) is 0.633. The van der Waals surface area contributed by atoms with Gasteiger partial charge in [0.05, 0.1) is 16.6 Å². The van der Waals surface area contributed by atoms with Gasteiger partial charge in [0.1, 0.15) is 0 Å². The number of carbonyl (C=O) groups excluding carboxylic acids is 1. The number of anilines is 1. The summed E-state index contributed by atoms with van der Waals surface area (Å²) in [5, 5.41) is 3.12. The molecule has 0 radical (unpaired) electrons. The monoisotopic (exact) mass is 420 g/mol. The first-order valence-electron chi connectivity index (χ1n) is 10.0. The lowest BCUT2D eigenvalue weighted by atomic mass is 9.87. The van der Waals surface area contributed by atoms with E-state index < -0.39 is 10.0 Å². The van der Waals surface area contributed by atoms with Crippen LogP contribution in [0, 0.1) is 6.92 Å². The summed E-state index contributed by atoms with van der Waals surface area (Å²) in [5.41, 5.74) is 4.00. The molecule has 0 bridgehead atoms. The summed E-state index contributed by atoms with van der Waals surface area (Å²) in [6, 6.07) is 21.4. The molecule has 2 N–H and O–H groups in total. The molecule has 0 aliphatic heterocycles. The Kier molecular flexibility index (Phi) is 5.59. The first kappa shape index (κ1) is 20.2. The van der Waals surface area contributed by atoms with E-state index in [1.54, 1.807) is 36.4 Å². The SMILES string of the molecule is Cc1ccc(C(=O)NC2CCCc3ccccc32)cc1NS(=O)(=O)c1ccccc1. The Balaban J connectivity index is 1.56. The van der Waals surface area contributed by atoms with Gasteiger partial charge in [-0.2, -0.15) is 0 Å². The van der Waals surface area contributed by atoms with Crippen molar-refractivity contribution in [2.75, 3.05) is 4.72 Å². The highest BCUT2D eigenvalue weighted by molar-refractivity contribution is 7.92. The third-order valence-electron chi connectivity index (χ3n) is 5.47. The van der Waals surface area contributed by atoms with E-state index in [2.05, 4.69) is 22.2 Å². The lowest BCUT2D eigenvalue weighted by molar-refractivity contribution is 0.0932. The molecule has 0 saturated heterocycles. The standard InChI is InChI=1S/C24H24N2O3S/c1-17-14-15-19(16-23(17)26-30(28,29)20-10-3-2-4-11-20)24(27)25-22-13-7-9-18-8-5-6-12-21(18)22/h2-6,8,10-12,14-16,22,26H,7,9,13H2,1H3,(H,25,27). The van der Waals surface area contributed by atoms with Crippen molar-refractivity contribution in [1.29, 1.82) is 0 Å². The molecule has 1 amide bonds. The summed E-state index contributed by atoms with van der Waals surface area (Å²) in [6.45, 7) is 1.81. The normalized spacial score (nSPS) is 15.8. The van der Waals surface area contributed by atoms with Crippen molar-refractivity contribution in [2.24, 2.45) is 0 Å². The number of hydrogen-bond acceptors (Lipinski definition) is 3. The van der Waals surface area contributed by atoms with Crippen molar-refractivity contribution in [3.05, 3.63) is 95.1 Å². The Hall–Kier alpha value is -3.12. The number of hydrogen-bond donors (Lipinski definition) is 2. The maximum Gasteiger partial charge on any atom is 0.261 e. The molecule has 1 aliphatic rings. The van der Waals surface area contributed by atoms with Gasteiger partial charge in [0, 0.05) is 5.56 Å². The van der Waals surface area contributed by atoms with Crippen molar-refractivity contribution in [3.8, 4) is 0 Å². The molecule has 3 aromatic rings. The fraction of sp³-hybridized carbons (Fsp3) is 0.208. The zero-order valence-corrected chi connectivity index (χ0v) is 17.6. The first-order valence-corrected chi connectivity index (χ1v) is 11.5. The second-order valence-corrected chi connectivity index (χ2v) is 9.25. The van der Waals surface area contributed by atoms with Crippen LogP contribution in [-0.2, 0) is 16.4 Å². The number of carbonyl (C=O) groups is 1. The van der Waals surface area contributed by atoms with Crippen LogP contribution in [0.5, 0.6) is 0 Å². The van der Waals surface area contributed by atoms with Gasteiger partial charge in [0.15, 0.2) is 0 Å². The minimum Gasteiger partial charge on any atom is -0.345 e. The second kappa shape index (κ2) is 8.32. The molecule has 4 rings (SSSR count). The van der Waals surface area contributed by atoms with E-state index in [9.17, 15) is 13.2 Å². The number of nitrogens with one attached hydrogen (secondary N) is 2. The van der Waals surface area contributed by atoms with Crippen LogP contribution in [0.1, 0.15) is 45.9 Å². The van der Waals surface area contributed by atoms with E-state index in [4.69, 9.17) is 0 Å². The first-order chi connectivity index (χ1) is 14.4. The van der Waals surface area contributed by atoms with Gasteiger partial charge in [-0.05, 0) is 67.1 Å². The lowest BCUT2D eigenvalue weighted by Gasteiger charge is -2.26. The molecule has 0 heterocycles. The number of benzene rings is 3. The molecule has 1 unspecified atom stereocenters. The van der Waals surface area contributed by atoms with Crippen LogP contribution in [0.2, 0.25) is 0 Å². The molecule has 3 aromatic carbocycles. The van der Waals surface area contributed by atoms with Crippen LogP contribution in [-0.4, -0.2) is 14.3 Å². The molecule has 30 heavy (non-hydrogen) atoms. The van der Waals surface area contributed by atoms with E-state index in [0.29, 0.717) is 11.3 Å². The molecule has 0 aromatic heterocycles. The van der Waals surface area contributed by atoms with Crippen molar-refractivity contribution in [1.82, 2.24) is 5.32 Å². The molecule has 6 heteroatoms. The zero-order valence-electron chi connectivity index (χ0n) is 16.8. The summed E-state index contributed by atoms with van der Waals surface area (Å²) >= 11 is 0. The second-order valence-electron chi connectivity index (χ2n) is 7.57. The minimum absolute atomic E-state index is 0.0341. The number of sulfonamides is 1. The Morgan fingerprint density at radius 1 is 0.967 bits per heavy atom. The molecule has 1 aliphatic carbocycles. The largest absolute Gasteiger partial charge is 0.345 e. The number of fused-ring (bicyclic) bond motifs is 1. The maximum atomic E-state index is 12.9. The van der Waals surface area contributed by atoms with Gasteiger partial charge < -0.3 is 5.32 Å². The summed E-state index contributed by atoms with van der Waals surface area (Å²) in [7, 11) is -3.73. The smallest absolute Gasteiger partial charge is 0.261 e. The molecular formula is C24H24N2O3S. The van der Waals surface area contributed by atoms with Crippen LogP contribution in [0.3, 0.4) is 0 Å². The third-order valence-corrected chi connectivity index (χ3v) is 6.85. The van der Waals surface area contributed by atoms with Crippen LogP contribution in [0.25, 0.3) is 0 Å². The lowest BCUT2D eigenvalue weighted by Crippen LogP contribution is -2.31. The van der Waals surface area contributed by atoms with Gasteiger partial charge in [-0.15, -0.1) is 0 Å². The minimum atomic E-state index is -3.73. The van der Waals surface area contributed by atoms with Gasteiger partial charge in [0.2, 0.25) is 0 Å². The topological polar surface area (TPSA) is 75.3 Å². The van der Waals surface area contributed by atoms with Gasteiger partial charge in [-0.25, -0.2) is 8.42 Å². The summed E-state index contributed by atoms with van der Waals surface area (Å²) in [4.78, 5) is 13.1. The van der Waals surface area contributed by atoms with Crippen molar-refractivity contribution in [3.63, 3.8) is 0 Å². The zero-order chi connectivity index (χ0) is 21.1. The van der Waals surface area contributed by atoms with Crippen LogP contribution < -0.4 is 10.0 Å². The number of amides is 1. The van der Waals surface area contributed by atoms with Crippen LogP contribution >= 0.6 is 0 Å². The fourth-order valence-corrected chi connectivity index (χ4v) is 4.96. The Morgan fingerprint density at radius 3 is 2.50 bits per heavy atom. The highest BCUT2D eigenvalue weighted by atomic mass is 32.2. The van der Waals surface area contributed by atoms with E-state index in [0.717, 1.165) is 30.4 Å². The summed E-state index contributed by atoms with van der Waals surface area (Å²) in [6.07, 6.45) is 2.94. The predicted molar refractivity (Wildman–Crippen MR) is 118 cm³/mol. The molecule has 0 fully saturated rings. The molecule has 1 atom stereocenters. The number of rotatable bonds is 5. The van der Waals surface area contributed by atoms with E-state index in [1.165, 1.54) is 17.7 Å². The molecule has 0 spiro atoms. The molecular weight excluding hydrogens is 396 g/mol. The van der Waals surface area contributed by atoms with E-state index >= 15 is 0 Å². The molecule has 5 nitrogen and oxygen atoms in total. The average Bonchev–Trinajstić information content (AvgIpc) is 2.76. The summed E-state index contributed by atoms with van der Waals surface area (Å²) in [5.74, 6) is -0.211. The van der Waals surface area contributed by atoms with Crippen LogP contribution in [0.15, 0.2) is 77.7 Å². The molecule has 154 valence electrons. The van der Waals surface area contributed by atoms with E-state index in [-0.39, 0.29) is 16.8 Å². The van der Waals surface area contributed by atoms with Crippen molar-refractivity contribution < 1.29 is 13.2 Å². The Labute approximate surface area is 177 Å².